The zero-order valence-electron chi connectivity index (χ0n) is 8.84. The Hall–Kier alpha value is 0.360. The smallest absolute Gasteiger partial charge is 0.0412 e. The standard InChI is InChI=1S/C11H14BrNS2/c1-14-9-6-7(11(13)3-4-11)5-8(12)10(9)15-2/h5-6H,3-4,13H2,1-2H3. The van der Waals surface area contributed by atoms with E-state index in [1.165, 1.54) is 19.8 Å². The average Bonchev–Trinajstić information content (AvgIpc) is 2.96. The largest absolute Gasteiger partial charge is 0.321 e. The molecular weight excluding hydrogens is 290 g/mol. The molecular formula is C11H14BrNS2. The van der Waals surface area contributed by atoms with E-state index >= 15 is 0 Å². The highest BCUT2D eigenvalue weighted by molar-refractivity contribution is 9.10. The molecule has 2 N–H and O–H groups in total. The van der Waals surface area contributed by atoms with Gasteiger partial charge in [0.1, 0.15) is 0 Å². The molecule has 0 saturated heterocycles. The van der Waals surface area contributed by atoms with E-state index < -0.39 is 0 Å². The number of halogens is 1. The summed E-state index contributed by atoms with van der Waals surface area (Å²) < 4.78 is 1.17. The number of nitrogens with two attached hydrogens (primary N) is 1. The lowest BCUT2D eigenvalue weighted by atomic mass is 10.1. The molecule has 0 bridgehead atoms. The molecule has 0 unspecified atom stereocenters. The van der Waals surface area contributed by atoms with Gasteiger partial charge in [-0.1, -0.05) is 0 Å². The quantitative estimate of drug-likeness (QED) is 0.859. The second-order valence-electron chi connectivity index (χ2n) is 3.85. The highest BCUT2D eigenvalue weighted by atomic mass is 79.9. The molecule has 1 aliphatic carbocycles. The lowest BCUT2D eigenvalue weighted by molar-refractivity contribution is 0.734. The molecule has 0 aliphatic heterocycles. The summed E-state index contributed by atoms with van der Waals surface area (Å²) in [6.45, 7) is 0. The zero-order valence-corrected chi connectivity index (χ0v) is 12.1. The van der Waals surface area contributed by atoms with Gasteiger partial charge in [0.2, 0.25) is 0 Å². The molecule has 0 radical (unpaired) electrons. The Labute approximate surface area is 108 Å². The lowest BCUT2D eigenvalue weighted by Crippen LogP contribution is -2.18. The summed E-state index contributed by atoms with van der Waals surface area (Å²) >= 11 is 7.19. The Bertz CT molecular complexity index is 388. The Morgan fingerprint density at radius 3 is 2.40 bits per heavy atom. The van der Waals surface area contributed by atoms with Crippen molar-refractivity contribution in [3.05, 3.63) is 22.2 Å². The van der Waals surface area contributed by atoms with Crippen LogP contribution in [0.5, 0.6) is 0 Å². The molecule has 1 nitrogen and oxygen atoms in total. The van der Waals surface area contributed by atoms with Crippen LogP contribution in [0.15, 0.2) is 26.4 Å². The zero-order chi connectivity index (χ0) is 11.1. The molecule has 1 saturated carbocycles. The first kappa shape index (κ1) is 11.8. The predicted molar refractivity (Wildman–Crippen MR) is 72.8 cm³/mol. The van der Waals surface area contributed by atoms with Crippen molar-refractivity contribution < 1.29 is 0 Å². The van der Waals surface area contributed by atoms with Gasteiger partial charge in [0, 0.05) is 19.8 Å². The summed E-state index contributed by atoms with van der Waals surface area (Å²) in [5.74, 6) is 0. The summed E-state index contributed by atoms with van der Waals surface area (Å²) in [6.07, 6.45) is 6.45. The third-order valence-corrected chi connectivity index (χ3v) is 5.42. The number of benzene rings is 1. The number of rotatable bonds is 3. The van der Waals surface area contributed by atoms with Gasteiger partial charge in [-0.15, -0.1) is 23.5 Å². The summed E-state index contributed by atoms with van der Waals surface area (Å²) in [5, 5.41) is 0. The van der Waals surface area contributed by atoms with E-state index in [1.807, 2.05) is 0 Å². The second kappa shape index (κ2) is 4.32. The third kappa shape index (κ3) is 2.23. The molecule has 1 fully saturated rings. The van der Waals surface area contributed by atoms with E-state index in [4.69, 9.17) is 5.73 Å². The highest BCUT2D eigenvalue weighted by Gasteiger charge is 2.40. The maximum absolute atomic E-state index is 6.21. The third-order valence-electron chi connectivity index (χ3n) is 2.80. The summed E-state index contributed by atoms with van der Waals surface area (Å²) in [6, 6.07) is 4.42. The van der Waals surface area contributed by atoms with Gasteiger partial charge in [0.05, 0.1) is 0 Å². The van der Waals surface area contributed by atoms with Gasteiger partial charge in [0.25, 0.3) is 0 Å². The van der Waals surface area contributed by atoms with Gasteiger partial charge in [-0.2, -0.15) is 0 Å². The molecule has 0 atom stereocenters. The summed E-state index contributed by atoms with van der Waals surface area (Å²) in [7, 11) is 0. The van der Waals surface area contributed by atoms with Crippen molar-refractivity contribution in [2.75, 3.05) is 12.5 Å². The Balaban J connectivity index is 2.48. The summed E-state index contributed by atoms with van der Waals surface area (Å²) in [5.41, 5.74) is 7.45. The van der Waals surface area contributed by atoms with Crippen molar-refractivity contribution in [2.45, 2.75) is 28.2 Å². The van der Waals surface area contributed by atoms with Gasteiger partial charge in [-0.25, -0.2) is 0 Å². The minimum Gasteiger partial charge on any atom is -0.321 e. The average molecular weight is 304 g/mol. The van der Waals surface area contributed by atoms with Gasteiger partial charge in [-0.3, -0.25) is 0 Å². The van der Waals surface area contributed by atoms with E-state index in [9.17, 15) is 0 Å². The SMILES string of the molecule is CSc1cc(C2(N)CC2)cc(Br)c1SC. The minimum absolute atomic E-state index is 0.0378. The van der Waals surface area contributed by atoms with E-state index in [2.05, 4.69) is 40.6 Å². The van der Waals surface area contributed by atoms with Crippen LogP contribution in [-0.4, -0.2) is 12.5 Å². The van der Waals surface area contributed by atoms with E-state index in [0.29, 0.717) is 0 Å². The van der Waals surface area contributed by atoms with Crippen LogP contribution in [0.3, 0.4) is 0 Å². The van der Waals surface area contributed by atoms with Gasteiger partial charge in [-0.05, 0) is 59.0 Å². The molecule has 0 spiro atoms. The maximum atomic E-state index is 6.21. The van der Waals surface area contributed by atoms with Crippen molar-refractivity contribution in [1.82, 2.24) is 0 Å². The Morgan fingerprint density at radius 2 is 1.93 bits per heavy atom. The topological polar surface area (TPSA) is 26.0 Å². The molecule has 1 aromatic rings. The first-order valence-corrected chi connectivity index (χ1v) is 8.06. The Morgan fingerprint density at radius 1 is 1.27 bits per heavy atom. The number of thioether (sulfide) groups is 2. The van der Waals surface area contributed by atoms with Crippen LogP contribution in [0.4, 0.5) is 0 Å². The lowest BCUT2D eigenvalue weighted by Gasteiger charge is -2.14. The molecule has 1 aromatic carbocycles. The highest BCUT2D eigenvalue weighted by Crippen LogP contribution is 2.46. The van der Waals surface area contributed by atoms with Crippen LogP contribution in [0.1, 0.15) is 18.4 Å². The molecule has 82 valence electrons. The van der Waals surface area contributed by atoms with E-state index in [0.717, 1.165) is 12.8 Å². The van der Waals surface area contributed by atoms with E-state index in [-0.39, 0.29) is 5.54 Å². The molecule has 15 heavy (non-hydrogen) atoms. The van der Waals surface area contributed by atoms with E-state index in [1.54, 1.807) is 23.5 Å². The van der Waals surface area contributed by atoms with Crippen LogP contribution >= 0.6 is 39.5 Å². The minimum atomic E-state index is -0.0378. The molecule has 1 aliphatic rings. The van der Waals surface area contributed by atoms with Gasteiger partial charge in [0.15, 0.2) is 0 Å². The van der Waals surface area contributed by atoms with Crippen LogP contribution in [-0.2, 0) is 5.54 Å². The van der Waals surface area contributed by atoms with Crippen LogP contribution < -0.4 is 5.73 Å². The van der Waals surface area contributed by atoms with Crippen LogP contribution in [0.25, 0.3) is 0 Å². The Kier molecular flexibility index (Phi) is 3.41. The van der Waals surface area contributed by atoms with Crippen molar-refractivity contribution >= 4 is 39.5 Å². The molecule has 0 heterocycles. The van der Waals surface area contributed by atoms with Crippen LogP contribution in [0, 0.1) is 0 Å². The molecule has 0 aromatic heterocycles. The molecule has 0 amide bonds. The number of hydrogen-bond acceptors (Lipinski definition) is 3. The normalized spacial score (nSPS) is 17.9. The van der Waals surface area contributed by atoms with Crippen molar-refractivity contribution in [2.24, 2.45) is 5.73 Å². The van der Waals surface area contributed by atoms with Gasteiger partial charge < -0.3 is 5.73 Å². The fourth-order valence-corrected chi connectivity index (χ4v) is 4.26. The predicted octanol–water partition coefficient (Wildman–Crippen LogP) is 3.84. The summed E-state index contributed by atoms with van der Waals surface area (Å²) in [4.78, 5) is 2.64. The second-order valence-corrected chi connectivity index (χ2v) is 6.37. The van der Waals surface area contributed by atoms with Crippen LogP contribution in [0.2, 0.25) is 0 Å². The van der Waals surface area contributed by atoms with Gasteiger partial charge >= 0.3 is 0 Å². The molecule has 2 rings (SSSR count). The molecule has 4 heteroatoms. The van der Waals surface area contributed by atoms with Crippen molar-refractivity contribution in [1.29, 1.82) is 0 Å². The fraction of sp³-hybridized carbons (Fsp3) is 0.455. The first-order chi connectivity index (χ1) is 7.10. The van der Waals surface area contributed by atoms with Crippen molar-refractivity contribution in [3.8, 4) is 0 Å². The first-order valence-electron chi connectivity index (χ1n) is 4.81. The maximum Gasteiger partial charge on any atom is 0.0412 e. The fourth-order valence-electron chi connectivity index (χ4n) is 1.63. The monoisotopic (exact) mass is 303 g/mol. The number of hydrogen-bond donors (Lipinski definition) is 1. The van der Waals surface area contributed by atoms with Crippen molar-refractivity contribution in [3.63, 3.8) is 0 Å².